The summed E-state index contributed by atoms with van der Waals surface area (Å²) in [7, 11) is 2.17. The van der Waals surface area contributed by atoms with Crippen molar-refractivity contribution in [3.8, 4) is 0 Å². The number of aromatic nitrogens is 1. The molecule has 0 bridgehead atoms. The van der Waals surface area contributed by atoms with Gasteiger partial charge in [0, 0.05) is 28.4 Å². The van der Waals surface area contributed by atoms with Gasteiger partial charge in [0.15, 0.2) is 0 Å². The second kappa shape index (κ2) is 3.86. The van der Waals surface area contributed by atoms with E-state index in [1.807, 2.05) is 0 Å². The Morgan fingerprint density at radius 1 is 1.00 bits per heavy atom. The van der Waals surface area contributed by atoms with E-state index in [-0.39, 0.29) is 0 Å². The summed E-state index contributed by atoms with van der Waals surface area (Å²) in [5.41, 5.74) is 1.34. The molecule has 2 aromatic carbocycles. The number of nitrogens with zero attached hydrogens (tertiary/aromatic N) is 1. The van der Waals surface area contributed by atoms with E-state index in [4.69, 9.17) is 0 Å². The first kappa shape index (κ1) is 10.6. The van der Waals surface area contributed by atoms with Crippen LogP contribution in [0.3, 0.4) is 0 Å². The van der Waals surface area contributed by atoms with Gasteiger partial charge in [0.1, 0.15) is 0 Å². The second-order valence-electron chi connectivity index (χ2n) is 5.08. The molecule has 0 fully saturated rings. The maximum Gasteiger partial charge on any atom is 0.0568 e. The van der Waals surface area contributed by atoms with Crippen LogP contribution in [0.15, 0.2) is 48.6 Å². The Labute approximate surface area is 111 Å². The lowest BCUT2D eigenvalue weighted by Gasteiger charge is -2.02. The summed E-state index contributed by atoms with van der Waals surface area (Å²) in [4.78, 5) is 0. The monoisotopic (exact) mass is 245 g/mol. The van der Waals surface area contributed by atoms with Crippen LogP contribution in [0.2, 0.25) is 0 Å². The maximum atomic E-state index is 2.33. The van der Waals surface area contributed by atoms with Crippen molar-refractivity contribution in [3.05, 3.63) is 59.1 Å². The van der Waals surface area contributed by atoms with Gasteiger partial charge >= 0.3 is 0 Å². The summed E-state index contributed by atoms with van der Waals surface area (Å²) < 4.78 is 2.33. The molecule has 1 aliphatic rings. The Kier molecular flexibility index (Phi) is 2.16. The van der Waals surface area contributed by atoms with E-state index in [1.54, 1.807) is 0 Å². The van der Waals surface area contributed by atoms with Gasteiger partial charge in [0.05, 0.1) is 5.52 Å². The van der Waals surface area contributed by atoms with Crippen molar-refractivity contribution in [2.75, 3.05) is 0 Å². The van der Waals surface area contributed by atoms with E-state index in [2.05, 4.69) is 72.3 Å². The van der Waals surface area contributed by atoms with Gasteiger partial charge in [-0.15, -0.1) is 0 Å². The molecule has 19 heavy (non-hydrogen) atoms. The molecular formula is C18H15N. The molecule has 1 aromatic heterocycles. The highest BCUT2D eigenvalue weighted by molar-refractivity contribution is 6.06. The third kappa shape index (κ3) is 1.42. The van der Waals surface area contributed by atoms with Crippen LogP contribution in [-0.2, 0) is 7.05 Å². The van der Waals surface area contributed by atoms with Gasteiger partial charge in [-0.2, -0.15) is 0 Å². The molecule has 0 saturated carbocycles. The molecule has 3 aromatic rings. The van der Waals surface area contributed by atoms with Crippen LogP contribution in [0, 0.1) is 0 Å². The first-order valence-electron chi connectivity index (χ1n) is 6.69. The second-order valence-corrected chi connectivity index (χ2v) is 5.08. The molecule has 0 saturated heterocycles. The minimum atomic E-state index is 1.01. The SMILES string of the molecule is Cn1c2c(c3ccc4ccccc4c31)=CC=CCC=2. The lowest BCUT2D eigenvalue weighted by Crippen LogP contribution is -2.26. The Morgan fingerprint density at radius 3 is 2.84 bits per heavy atom. The zero-order valence-electron chi connectivity index (χ0n) is 10.9. The molecule has 0 spiro atoms. The van der Waals surface area contributed by atoms with Crippen LogP contribution in [0.25, 0.3) is 33.8 Å². The molecule has 1 aliphatic carbocycles. The zero-order valence-corrected chi connectivity index (χ0v) is 10.9. The predicted molar refractivity (Wildman–Crippen MR) is 82.4 cm³/mol. The summed E-state index contributed by atoms with van der Waals surface area (Å²) in [6.07, 6.45) is 9.91. The third-order valence-electron chi connectivity index (χ3n) is 4.01. The van der Waals surface area contributed by atoms with Gasteiger partial charge in [0.25, 0.3) is 0 Å². The molecular weight excluding hydrogens is 230 g/mol. The molecule has 0 unspecified atom stereocenters. The quantitative estimate of drug-likeness (QED) is 0.574. The molecule has 0 amide bonds. The van der Waals surface area contributed by atoms with E-state index in [0.29, 0.717) is 0 Å². The van der Waals surface area contributed by atoms with Gasteiger partial charge in [-0.3, -0.25) is 0 Å². The summed E-state index contributed by atoms with van der Waals surface area (Å²) in [5.74, 6) is 0. The summed E-state index contributed by atoms with van der Waals surface area (Å²) in [6.45, 7) is 0. The first-order chi connectivity index (χ1) is 9.36. The zero-order chi connectivity index (χ0) is 12.8. The lowest BCUT2D eigenvalue weighted by atomic mass is 10.1. The number of allylic oxidation sites excluding steroid dienone is 2. The fraction of sp³-hybridized carbons (Fsp3) is 0.111. The predicted octanol–water partition coefficient (Wildman–Crippen LogP) is 2.85. The fourth-order valence-electron chi connectivity index (χ4n) is 3.12. The highest BCUT2D eigenvalue weighted by atomic mass is 14.9. The lowest BCUT2D eigenvalue weighted by molar-refractivity contribution is 0.926. The van der Waals surface area contributed by atoms with Crippen LogP contribution >= 0.6 is 0 Å². The van der Waals surface area contributed by atoms with Crippen LogP contribution in [-0.4, -0.2) is 4.57 Å². The molecule has 0 aliphatic heterocycles. The summed E-state index contributed by atoms with van der Waals surface area (Å²) in [5, 5.41) is 6.66. The van der Waals surface area contributed by atoms with Crippen molar-refractivity contribution >= 4 is 33.8 Å². The van der Waals surface area contributed by atoms with Crippen LogP contribution in [0.5, 0.6) is 0 Å². The van der Waals surface area contributed by atoms with Gasteiger partial charge in [-0.25, -0.2) is 0 Å². The molecule has 1 nitrogen and oxygen atoms in total. The largest absolute Gasteiger partial charge is 0.343 e. The molecule has 0 radical (unpaired) electrons. The Morgan fingerprint density at radius 2 is 1.89 bits per heavy atom. The number of hydrogen-bond acceptors (Lipinski definition) is 0. The highest BCUT2D eigenvalue weighted by Gasteiger charge is 2.08. The average Bonchev–Trinajstić information content (AvgIpc) is 2.63. The van der Waals surface area contributed by atoms with Crippen molar-refractivity contribution < 1.29 is 0 Å². The van der Waals surface area contributed by atoms with E-state index >= 15 is 0 Å². The Balaban J connectivity index is 2.36. The van der Waals surface area contributed by atoms with Crippen LogP contribution < -0.4 is 10.6 Å². The number of rotatable bonds is 0. The normalized spacial score (nSPS) is 13.9. The van der Waals surface area contributed by atoms with E-state index in [0.717, 1.165) is 6.42 Å². The van der Waals surface area contributed by atoms with Gasteiger partial charge in [-0.1, -0.05) is 60.7 Å². The van der Waals surface area contributed by atoms with Gasteiger partial charge in [0.2, 0.25) is 0 Å². The van der Waals surface area contributed by atoms with Crippen molar-refractivity contribution in [3.63, 3.8) is 0 Å². The number of fused-ring (bicyclic) bond motifs is 5. The van der Waals surface area contributed by atoms with Gasteiger partial charge in [-0.05, 0) is 11.8 Å². The maximum absolute atomic E-state index is 2.33. The number of benzene rings is 2. The standard InChI is InChI=1S/C18H15N/c1-19-17-10-4-2-3-9-15(17)16-12-11-13-7-5-6-8-14(13)18(16)19/h2-3,5-12H,4H2,1H3. The van der Waals surface area contributed by atoms with Crippen molar-refractivity contribution in [2.45, 2.75) is 6.42 Å². The molecule has 92 valence electrons. The van der Waals surface area contributed by atoms with Crippen molar-refractivity contribution in [1.82, 2.24) is 4.57 Å². The average molecular weight is 245 g/mol. The van der Waals surface area contributed by atoms with Crippen molar-refractivity contribution in [1.29, 1.82) is 0 Å². The van der Waals surface area contributed by atoms with E-state index < -0.39 is 0 Å². The topological polar surface area (TPSA) is 4.93 Å². The Hall–Kier alpha value is -2.28. The minimum Gasteiger partial charge on any atom is -0.343 e. The number of aryl methyl sites for hydroxylation is 1. The van der Waals surface area contributed by atoms with Crippen molar-refractivity contribution in [2.24, 2.45) is 7.05 Å². The molecule has 1 heteroatoms. The molecule has 0 N–H and O–H groups in total. The minimum absolute atomic E-state index is 1.01. The van der Waals surface area contributed by atoms with E-state index in [9.17, 15) is 0 Å². The van der Waals surface area contributed by atoms with Gasteiger partial charge < -0.3 is 4.57 Å². The molecule has 1 heterocycles. The van der Waals surface area contributed by atoms with Crippen LogP contribution in [0.1, 0.15) is 6.42 Å². The molecule has 0 atom stereocenters. The first-order valence-corrected chi connectivity index (χ1v) is 6.69. The van der Waals surface area contributed by atoms with Crippen LogP contribution in [0.4, 0.5) is 0 Å². The Bertz CT molecular complexity index is 939. The summed E-state index contributed by atoms with van der Waals surface area (Å²) in [6, 6.07) is 13.1. The number of hydrogen-bond donors (Lipinski definition) is 0. The smallest absolute Gasteiger partial charge is 0.0568 e. The fourth-order valence-corrected chi connectivity index (χ4v) is 3.12. The highest BCUT2D eigenvalue weighted by Crippen LogP contribution is 2.22. The summed E-state index contributed by atoms with van der Waals surface area (Å²) >= 11 is 0. The molecule has 4 rings (SSSR count). The van der Waals surface area contributed by atoms with E-state index in [1.165, 1.54) is 32.2 Å². The third-order valence-corrected chi connectivity index (χ3v) is 4.01.